The maximum Gasteiger partial charge on any atom is 0.0603 e. The lowest BCUT2D eigenvalue weighted by Gasteiger charge is -2.27. The Morgan fingerprint density at radius 3 is 2.41 bits per heavy atom. The van der Waals surface area contributed by atoms with Crippen molar-refractivity contribution < 1.29 is 0 Å². The molecule has 0 bridgehead atoms. The zero-order chi connectivity index (χ0) is 36.7. The third-order valence-corrected chi connectivity index (χ3v) is 14.6. The van der Waals surface area contributed by atoms with Gasteiger partial charge in [0.1, 0.15) is 0 Å². The quantitative estimate of drug-likeness (QED) is 0.173. The maximum atomic E-state index is 2.56. The molecular formula is C52H36N2S2. The highest BCUT2D eigenvalue weighted by atomic mass is 32.2. The van der Waals surface area contributed by atoms with Crippen LogP contribution in [0.5, 0.6) is 0 Å². The number of fused-ring (bicyclic) bond motifs is 10. The van der Waals surface area contributed by atoms with Gasteiger partial charge < -0.3 is 9.47 Å². The average Bonchev–Trinajstić information content (AvgIpc) is 3.93. The first kappa shape index (κ1) is 32.2. The third kappa shape index (κ3) is 4.96. The highest BCUT2D eigenvalue weighted by Crippen LogP contribution is 2.54. The Hall–Kier alpha value is -6.07. The number of allylic oxidation sites excluding steroid dienone is 8. The van der Waals surface area contributed by atoms with Crippen LogP contribution < -0.4 is 4.90 Å². The SMILES string of the molecule is C1=CCC2Sc3c(cccc3N(c3ccccc3)c3ccc(-c4cc(-n5c6c(c7ccccc75)C=C5C=CC=CC5C6)cc5c4sc4ccccc45)cc3)C2=C1. The highest BCUT2D eigenvalue weighted by molar-refractivity contribution is 8.01. The number of rotatable bonds is 5. The Balaban J connectivity index is 1.04. The molecule has 0 saturated heterocycles. The molecule has 2 aromatic heterocycles. The fourth-order valence-corrected chi connectivity index (χ4v) is 12.1. The third-order valence-electron chi connectivity index (χ3n) is 12.0. The molecule has 0 amide bonds. The Morgan fingerprint density at radius 2 is 1.50 bits per heavy atom. The van der Waals surface area contributed by atoms with E-state index < -0.39 is 0 Å². The van der Waals surface area contributed by atoms with Crippen LogP contribution in [0.4, 0.5) is 17.1 Å². The van der Waals surface area contributed by atoms with E-state index in [0.29, 0.717) is 11.2 Å². The van der Waals surface area contributed by atoms with Crippen molar-refractivity contribution in [2.24, 2.45) is 5.92 Å². The largest absolute Gasteiger partial charge is 0.313 e. The van der Waals surface area contributed by atoms with Crippen LogP contribution in [0.25, 0.3) is 59.5 Å². The van der Waals surface area contributed by atoms with Gasteiger partial charge in [0.05, 0.1) is 11.2 Å². The van der Waals surface area contributed by atoms with Crippen LogP contribution >= 0.6 is 23.1 Å². The second-order valence-electron chi connectivity index (χ2n) is 15.1. The van der Waals surface area contributed by atoms with Crippen LogP contribution in [-0.2, 0) is 6.42 Å². The van der Waals surface area contributed by atoms with Crippen LogP contribution in [0, 0.1) is 5.92 Å². The summed E-state index contributed by atoms with van der Waals surface area (Å²) in [5.41, 5.74) is 15.5. The van der Waals surface area contributed by atoms with Gasteiger partial charge in [0.25, 0.3) is 0 Å². The van der Waals surface area contributed by atoms with Crippen molar-refractivity contribution in [3.8, 4) is 16.8 Å². The topological polar surface area (TPSA) is 8.17 Å². The predicted octanol–water partition coefficient (Wildman–Crippen LogP) is 14.6. The van der Waals surface area contributed by atoms with Crippen molar-refractivity contribution >= 4 is 82.9 Å². The summed E-state index contributed by atoms with van der Waals surface area (Å²) in [5.74, 6) is 0.391. The minimum Gasteiger partial charge on any atom is -0.313 e. The van der Waals surface area contributed by atoms with Gasteiger partial charge in [0.15, 0.2) is 0 Å². The summed E-state index contributed by atoms with van der Waals surface area (Å²) in [6.07, 6.45) is 20.3. The first-order valence-electron chi connectivity index (χ1n) is 19.5. The maximum absolute atomic E-state index is 2.56. The number of nitrogens with zero attached hydrogens (tertiary/aromatic N) is 2. The van der Waals surface area contributed by atoms with Gasteiger partial charge in [0.2, 0.25) is 0 Å². The van der Waals surface area contributed by atoms with E-state index >= 15 is 0 Å². The van der Waals surface area contributed by atoms with Crippen molar-refractivity contribution in [3.05, 3.63) is 198 Å². The molecule has 4 heteroatoms. The predicted molar refractivity (Wildman–Crippen MR) is 241 cm³/mol. The first-order chi connectivity index (χ1) is 27.8. The van der Waals surface area contributed by atoms with E-state index in [0.717, 1.165) is 24.2 Å². The van der Waals surface area contributed by atoms with E-state index in [1.165, 1.54) is 86.4 Å². The molecule has 0 fully saturated rings. The number of anilines is 3. The van der Waals surface area contributed by atoms with E-state index in [-0.39, 0.29) is 0 Å². The van der Waals surface area contributed by atoms with Crippen molar-refractivity contribution in [1.29, 1.82) is 0 Å². The number of hydrogen-bond donors (Lipinski definition) is 0. The molecule has 1 aliphatic heterocycles. The van der Waals surface area contributed by atoms with Gasteiger partial charge in [-0.15, -0.1) is 23.1 Å². The number of thioether (sulfide) groups is 1. The van der Waals surface area contributed by atoms with E-state index in [1.807, 2.05) is 23.1 Å². The number of thiophene rings is 1. The van der Waals surface area contributed by atoms with Crippen molar-refractivity contribution in [2.75, 3.05) is 4.90 Å². The fraction of sp³-hybridized carbons (Fsp3) is 0.0769. The molecule has 3 heterocycles. The van der Waals surface area contributed by atoms with E-state index in [4.69, 9.17) is 0 Å². The van der Waals surface area contributed by atoms with Gasteiger partial charge in [-0.3, -0.25) is 0 Å². The monoisotopic (exact) mass is 752 g/mol. The summed E-state index contributed by atoms with van der Waals surface area (Å²) in [4.78, 5) is 3.81. The fourth-order valence-electron chi connectivity index (χ4n) is 9.42. The molecular weight excluding hydrogens is 717 g/mol. The molecule has 56 heavy (non-hydrogen) atoms. The molecule has 3 aliphatic carbocycles. The number of aromatic nitrogens is 1. The lowest BCUT2D eigenvalue weighted by Crippen LogP contribution is -2.14. The highest BCUT2D eigenvalue weighted by Gasteiger charge is 2.32. The zero-order valence-electron chi connectivity index (χ0n) is 30.6. The number of benzene rings is 6. The summed E-state index contributed by atoms with van der Waals surface area (Å²) >= 11 is 3.92. The van der Waals surface area contributed by atoms with Crippen molar-refractivity contribution in [2.45, 2.75) is 23.0 Å². The minimum absolute atomic E-state index is 0.391. The zero-order valence-corrected chi connectivity index (χ0v) is 32.2. The summed E-state index contributed by atoms with van der Waals surface area (Å²) in [6, 6.07) is 49.7. The molecule has 0 saturated carbocycles. The van der Waals surface area contributed by atoms with Gasteiger partial charge in [0, 0.05) is 75.5 Å². The van der Waals surface area contributed by atoms with Gasteiger partial charge in [-0.1, -0.05) is 121 Å². The molecule has 12 rings (SSSR count). The molecule has 2 atom stereocenters. The Morgan fingerprint density at radius 1 is 0.679 bits per heavy atom. The standard InChI is InChI=1S/C52H36N2S2/c1-2-15-36(16-3-1)53(47-22-12-20-42-40-18-7-10-23-49(40)56-52(42)47)37-27-25-33(26-28-37)43-31-38(32-45-41-19-8-11-24-50(41)55-51(43)45)54-46-21-9-6-17-39(46)44-29-34-13-4-5-14-35(34)30-48(44)54/h1-22,24-29,31-32,35,49H,23,30H2. The molecule has 0 radical (unpaired) electrons. The van der Waals surface area contributed by atoms with Crippen LogP contribution in [0.1, 0.15) is 23.2 Å². The lowest BCUT2D eigenvalue weighted by molar-refractivity contribution is 0.726. The lowest BCUT2D eigenvalue weighted by atomic mass is 9.83. The first-order valence-corrected chi connectivity index (χ1v) is 21.2. The summed E-state index contributed by atoms with van der Waals surface area (Å²) in [5, 5.41) is 4.42. The number of hydrogen-bond acceptors (Lipinski definition) is 3. The smallest absolute Gasteiger partial charge is 0.0603 e. The van der Waals surface area contributed by atoms with E-state index in [1.54, 1.807) is 0 Å². The van der Waals surface area contributed by atoms with Gasteiger partial charge in [-0.05, 0) is 95.8 Å². The average molecular weight is 753 g/mol. The van der Waals surface area contributed by atoms with Crippen LogP contribution in [0.15, 0.2) is 186 Å². The normalized spacial score (nSPS) is 17.8. The Bertz CT molecular complexity index is 3060. The molecule has 6 aromatic carbocycles. The van der Waals surface area contributed by atoms with E-state index in [2.05, 4.69) is 192 Å². The van der Waals surface area contributed by atoms with Crippen LogP contribution in [0.3, 0.4) is 0 Å². The second-order valence-corrected chi connectivity index (χ2v) is 17.4. The summed E-state index contributed by atoms with van der Waals surface area (Å²) in [7, 11) is 0. The van der Waals surface area contributed by atoms with Gasteiger partial charge in [-0.25, -0.2) is 0 Å². The summed E-state index contributed by atoms with van der Waals surface area (Å²) in [6.45, 7) is 0. The molecule has 8 aromatic rings. The van der Waals surface area contributed by atoms with Gasteiger partial charge >= 0.3 is 0 Å². The Kier molecular flexibility index (Phi) is 7.33. The molecule has 4 aliphatic rings. The summed E-state index contributed by atoms with van der Waals surface area (Å²) < 4.78 is 5.21. The van der Waals surface area contributed by atoms with Crippen LogP contribution in [-0.4, -0.2) is 9.82 Å². The Labute approximate surface area is 334 Å². The number of para-hydroxylation sites is 2. The second kappa shape index (κ2) is 12.7. The van der Waals surface area contributed by atoms with Gasteiger partial charge in [-0.2, -0.15) is 0 Å². The molecule has 0 spiro atoms. The molecule has 0 N–H and O–H groups in total. The minimum atomic E-state index is 0.391. The molecule has 266 valence electrons. The van der Waals surface area contributed by atoms with Crippen molar-refractivity contribution in [3.63, 3.8) is 0 Å². The van der Waals surface area contributed by atoms with Crippen LogP contribution in [0.2, 0.25) is 0 Å². The van der Waals surface area contributed by atoms with E-state index in [9.17, 15) is 0 Å². The molecule has 2 nitrogen and oxygen atoms in total. The molecule has 2 unspecified atom stereocenters. The van der Waals surface area contributed by atoms with Crippen molar-refractivity contribution in [1.82, 2.24) is 4.57 Å².